The molecule has 1 heterocycles. The van der Waals surface area contributed by atoms with Crippen LogP contribution in [0, 0.1) is 5.82 Å². The Balaban J connectivity index is 2.13. The van der Waals surface area contributed by atoms with Gasteiger partial charge in [0.15, 0.2) is 11.5 Å². The van der Waals surface area contributed by atoms with Crippen LogP contribution in [0.2, 0.25) is 0 Å². The van der Waals surface area contributed by atoms with E-state index in [0.717, 1.165) is 0 Å². The van der Waals surface area contributed by atoms with E-state index >= 15 is 0 Å². The fourth-order valence-electron chi connectivity index (χ4n) is 1.78. The minimum Gasteiger partial charge on any atom is -0.364 e. The molecule has 0 saturated heterocycles. The molecule has 2 rings (SSSR count). The van der Waals surface area contributed by atoms with E-state index < -0.39 is 13.1 Å². The van der Waals surface area contributed by atoms with Gasteiger partial charge >= 0.3 is 0 Å². The predicted molar refractivity (Wildman–Crippen MR) is 95.5 cm³/mol. The predicted octanol–water partition coefficient (Wildman–Crippen LogP) is 2.57. The summed E-state index contributed by atoms with van der Waals surface area (Å²) >= 11 is 3.06. The largest absolute Gasteiger partial charge is 0.364 e. The normalized spacial score (nSPS) is 12.3. The van der Waals surface area contributed by atoms with Gasteiger partial charge in [-0.15, -0.1) is 0 Å². The van der Waals surface area contributed by atoms with E-state index in [9.17, 15) is 14.2 Å². The van der Waals surface area contributed by atoms with E-state index in [2.05, 4.69) is 46.3 Å². The molecule has 9 nitrogen and oxygen atoms in total. The first-order valence-electron chi connectivity index (χ1n) is 7.11. The summed E-state index contributed by atoms with van der Waals surface area (Å²) in [6.07, 6.45) is 0. The molecule has 2 aromatic rings. The molecule has 0 aliphatic carbocycles. The highest BCUT2D eigenvalue weighted by Gasteiger charge is 2.16. The van der Waals surface area contributed by atoms with Gasteiger partial charge in [0.25, 0.3) is 0 Å². The first kappa shape index (κ1) is 19.5. The summed E-state index contributed by atoms with van der Waals surface area (Å²) in [5, 5.41) is 22.5. The van der Waals surface area contributed by atoms with E-state index in [1.165, 1.54) is 18.2 Å². The van der Waals surface area contributed by atoms with Gasteiger partial charge in [-0.3, -0.25) is 15.8 Å². The molecule has 1 aromatic heterocycles. The maximum Gasteiger partial charge on any atom is 0.202 e. The van der Waals surface area contributed by atoms with Gasteiger partial charge in [0.05, 0.1) is 10.2 Å². The summed E-state index contributed by atoms with van der Waals surface area (Å²) in [5.41, 5.74) is 2.43. The Morgan fingerprint density at radius 3 is 2.80 bits per heavy atom. The van der Waals surface area contributed by atoms with Crippen molar-refractivity contribution < 1.29 is 18.8 Å². The summed E-state index contributed by atoms with van der Waals surface area (Å²) < 4.78 is 29.8. The van der Waals surface area contributed by atoms with Gasteiger partial charge < -0.3 is 9.88 Å². The highest BCUT2D eigenvalue weighted by molar-refractivity contribution is 9.10. The second-order valence-corrected chi connectivity index (χ2v) is 9.19. The number of halogens is 2. The Morgan fingerprint density at radius 2 is 2.16 bits per heavy atom. The molecule has 0 bridgehead atoms. The molecule has 4 N–H and O–H groups in total. The van der Waals surface area contributed by atoms with Crippen molar-refractivity contribution >= 4 is 40.6 Å². The summed E-state index contributed by atoms with van der Waals surface area (Å²) in [7, 11) is -2.32. The number of nitrogens with zero attached hydrogens (tertiary/aromatic N) is 3. The van der Waals surface area contributed by atoms with E-state index in [1.807, 2.05) is 5.48 Å². The van der Waals surface area contributed by atoms with Crippen LogP contribution in [0.4, 0.5) is 15.9 Å². The maximum absolute atomic E-state index is 13.3. The van der Waals surface area contributed by atoms with Crippen molar-refractivity contribution in [2.75, 3.05) is 31.7 Å². The van der Waals surface area contributed by atoms with Crippen molar-refractivity contribution in [2.24, 2.45) is 4.99 Å². The van der Waals surface area contributed by atoms with Crippen LogP contribution in [0.25, 0.3) is 0 Å². The zero-order chi connectivity index (χ0) is 18.4. The Morgan fingerprint density at radius 1 is 1.40 bits per heavy atom. The molecule has 25 heavy (non-hydrogen) atoms. The van der Waals surface area contributed by atoms with Crippen LogP contribution in [-0.2, 0) is 4.57 Å². The van der Waals surface area contributed by atoms with Crippen LogP contribution < -0.4 is 15.9 Å². The van der Waals surface area contributed by atoms with Crippen molar-refractivity contribution in [3.05, 3.63) is 34.2 Å². The highest BCUT2D eigenvalue weighted by Crippen LogP contribution is 2.28. The van der Waals surface area contributed by atoms with Crippen LogP contribution in [-0.4, -0.2) is 47.8 Å². The smallest absolute Gasteiger partial charge is 0.202 e. The molecule has 0 amide bonds. The maximum atomic E-state index is 13.3. The first-order chi connectivity index (χ1) is 11.8. The fourth-order valence-corrected chi connectivity index (χ4v) is 2.80. The van der Waals surface area contributed by atoms with Gasteiger partial charge in [-0.2, -0.15) is 0 Å². The van der Waals surface area contributed by atoms with Gasteiger partial charge in [-0.25, -0.2) is 14.0 Å². The molecular weight excluding hydrogens is 418 g/mol. The van der Waals surface area contributed by atoms with Crippen molar-refractivity contribution in [1.29, 1.82) is 0 Å². The van der Waals surface area contributed by atoms with Crippen molar-refractivity contribution in [1.82, 2.24) is 20.9 Å². The summed E-state index contributed by atoms with van der Waals surface area (Å²) in [6.45, 7) is 4.07. The standard InChI is InChI=1S/C13H17BrFN6O3P/c1-25(2,23)17-6-5-16-12-11(20-24-21-12)13(19-22)18-8-3-4-10(15)9(14)7-8/h3-4,7,22H,5-6H2,1-2H3,(H,16,21)(H,17,23)(H,18,19). The lowest BCUT2D eigenvalue weighted by Crippen LogP contribution is -2.24. The van der Waals surface area contributed by atoms with Gasteiger partial charge in [-0.05, 0) is 44.4 Å². The van der Waals surface area contributed by atoms with Crippen LogP contribution in [0.5, 0.6) is 0 Å². The number of hydrogen-bond acceptors (Lipinski definition) is 7. The lowest BCUT2D eigenvalue weighted by molar-refractivity contribution is 0.234. The van der Waals surface area contributed by atoms with Crippen molar-refractivity contribution in [3.8, 4) is 0 Å². The molecule has 0 atom stereocenters. The van der Waals surface area contributed by atoms with Gasteiger partial charge in [0.1, 0.15) is 13.1 Å². The molecule has 0 fully saturated rings. The number of hydroxylamine groups is 1. The number of nitrogens with one attached hydrogen (secondary N) is 3. The third kappa shape index (κ3) is 5.89. The second-order valence-electron chi connectivity index (χ2n) is 5.32. The zero-order valence-electron chi connectivity index (χ0n) is 13.5. The topological polar surface area (TPSA) is 125 Å². The van der Waals surface area contributed by atoms with E-state index in [1.54, 1.807) is 13.3 Å². The van der Waals surface area contributed by atoms with Gasteiger partial charge in [0, 0.05) is 26.4 Å². The third-order valence-corrected chi connectivity index (χ3v) is 4.47. The number of amidine groups is 1. The summed E-state index contributed by atoms with van der Waals surface area (Å²) in [6, 6.07) is 4.11. The molecule has 0 unspecified atom stereocenters. The molecule has 12 heteroatoms. The third-order valence-electron chi connectivity index (χ3n) is 2.87. The summed E-state index contributed by atoms with van der Waals surface area (Å²) in [5.74, 6) is -0.225. The molecule has 0 aliphatic rings. The molecule has 136 valence electrons. The minimum absolute atomic E-state index is 0.0353. The van der Waals surface area contributed by atoms with Crippen LogP contribution in [0.15, 0.2) is 32.3 Å². The lowest BCUT2D eigenvalue weighted by Gasteiger charge is -2.09. The Kier molecular flexibility index (Phi) is 6.65. The molecule has 0 radical (unpaired) electrons. The molecule has 0 spiro atoms. The SMILES string of the molecule is CP(C)(=O)NCCNc1nonc1C(=Nc1ccc(F)c(Br)c1)NO. The first-order valence-corrected chi connectivity index (χ1v) is 10.5. The van der Waals surface area contributed by atoms with Crippen LogP contribution in [0.1, 0.15) is 5.69 Å². The highest BCUT2D eigenvalue weighted by atomic mass is 79.9. The van der Waals surface area contributed by atoms with E-state index in [-0.39, 0.29) is 21.8 Å². The van der Waals surface area contributed by atoms with Crippen LogP contribution in [0.3, 0.4) is 0 Å². The van der Waals surface area contributed by atoms with E-state index in [0.29, 0.717) is 18.8 Å². The molecule has 0 aliphatic heterocycles. The Bertz CT molecular complexity index is 809. The number of rotatable bonds is 7. The van der Waals surface area contributed by atoms with Crippen molar-refractivity contribution in [2.45, 2.75) is 0 Å². The number of aliphatic imine (C=N–C) groups is 1. The van der Waals surface area contributed by atoms with Crippen LogP contribution >= 0.6 is 23.2 Å². The monoisotopic (exact) mass is 434 g/mol. The van der Waals surface area contributed by atoms with Crippen molar-refractivity contribution in [3.63, 3.8) is 0 Å². The number of hydrogen-bond donors (Lipinski definition) is 4. The zero-order valence-corrected chi connectivity index (χ0v) is 15.9. The fraction of sp³-hybridized carbons (Fsp3) is 0.308. The van der Waals surface area contributed by atoms with E-state index in [4.69, 9.17) is 0 Å². The average molecular weight is 435 g/mol. The van der Waals surface area contributed by atoms with Gasteiger partial charge in [-0.1, -0.05) is 0 Å². The average Bonchev–Trinajstić information content (AvgIpc) is 3.00. The number of anilines is 1. The lowest BCUT2D eigenvalue weighted by atomic mass is 10.3. The minimum atomic E-state index is -2.32. The number of benzene rings is 1. The Hall–Kier alpha value is -1.81. The second kappa shape index (κ2) is 8.52. The number of aromatic nitrogens is 2. The molecule has 0 saturated carbocycles. The van der Waals surface area contributed by atoms with Gasteiger partial charge in [0.2, 0.25) is 5.82 Å². The Labute approximate surface area is 151 Å². The summed E-state index contributed by atoms with van der Waals surface area (Å²) in [4.78, 5) is 4.15. The molecular formula is C13H17BrFN6O3P. The quantitative estimate of drug-likeness (QED) is 0.172. The molecule has 1 aromatic carbocycles.